The largest absolute Gasteiger partial charge is 0.444 e. The second kappa shape index (κ2) is 12.8. The van der Waals surface area contributed by atoms with Crippen molar-refractivity contribution in [1.29, 1.82) is 0 Å². The molecule has 0 aliphatic carbocycles. The molecule has 1 rings (SSSR count). The lowest BCUT2D eigenvalue weighted by Gasteiger charge is -2.30. The SMILES string of the molecule is CN=C(NCCCCN1CCC(C)CC1)NCCCNC(=O)OC(C)(C)C. The predicted molar refractivity (Wildman–Crippen MR) is 112 cm³/mol. The molecule has 0 aromatic heterocycles. The van der Waals surface area contributed by atoms with Gasteiger partial charge in [-0.1, -0.05) is 6.92 Å². The molecule has 0 aromatic rings. The van der Waals surface area contributed by atoms with E-state index in [2.05, 4.69) is 32.8 Å². The number of guanidine groups is 1. The number of alkyl carbamates (subject to hydrolysis) is 1. The Hall–Kier alpha value is -1.50. The zero-order valence-corrected chi connectivity index (χ0v) is 18.1. The maximum atomic E-state index is 11.6. The molecule has 0 atom stereocenters. The van der Waals surface area contributed by atoms with Crippen LogP contribution in [0.3, 0.4) is 0 Å². The summed E-state index contributed by atoms with van der Waals surface area (Å²) in [6, 6.07) is 0. The molecule has 1 fully saturated rings. The monoisotopic (exact) mass is 383 g/mol. The molecule has 7 nitrogen and oxygen atoms in total. The second-order valence-corrected chi connectivity index (χ2v) is 8.44. The van der Waals surface area contributed by atoms with Crippen molar-refractivity contribution in [3.05, 3.63) is 0 Å². The molecule has 7 heteroatoms. The number of nitrogens with zero attached hydrogens (tertiary/aromatic N) is 2. The quantitative estimate of drug-likeness (QED) is 0.324. The van der Waals surface area contributed by atoms with Gasteiger partial charge < -0.3 is 25.6 Å². The summed E-state index contributed by atoms with van der Waals surface area (Å²) < 4.78 is 5.20. The Balaban J connectivity index is 1.99. The van der Waals surface area contributed by atoms with Crippen molar-refractivity contribution in [2.24, 2.45) is 10.9 Å². The van der Waals surface area contributed by atoms with E-state index in [1.807, 2.05) is 20.8 Å². The topological polar surface area (TPSA) is 78.0 Å². The number of hydrogen-bond donors (Lipinski definition) is 3. The number of ether oxygens (including phenoxy) is 1. The Labute approximate surface area is 165 Å². The fourth-order valence-electron chi connectivity index (χ4n) is 2.97. The molecule has 1 aliphatic heterocycles. The summed E-state index contributed by atoms with van der Waals surface area (Å²) in [5, 5.41) is 9.38. The zero-order valence-electron chi connectivity index (χ0n) is 18.1. The van der Waals surface area contributed by atoms with Gasteiger partial charge in [-0.15, -0.1) is 0 Å². The van der Waals surface area contributed by atoms with Gasteiger partial charge in [0.1, 0.15) is 5.60 Å². The molecule has 3 N–H and O–H groups in total. The van der Waals surface area contributed by atoms with Crippen molar-refractivity contribution in [3.8, 4) is 0 Å². The Morgan fingerprint density at radius 3 is 2.22 bits per heavy atom. The molecule has 0 bridgehead atoms. The first-order valence-corrected chi connectivity index (χ1v) is 10.4. The van der Waals surface area contributed by atoms with E-state index in [4.69, 9.17) is 4.74 Å². The van der Waals surface area contributed by atoms with Crippen LogP contribution in [0.2, 0.25) is 0 Å². The first-order valence-electron chi connectivity index (χ1n) is 10.4. The van der Waals surface area contributed by atoms with Gasteiger partial charge in [0.2, 0.25) is 0 Å². The minimum atomic E-state index is -0.458. The number of amides is 1. The van der Waals surface area contributed by atoms with Gasteiger partial charge in [-0.2, -0.15) is 0 Å². The van der Waals surface area contributed by atoms with Crippen molar-refractivity contribution in [3.63, 3.8) is 0 Å². The molecule has 1 saturated heterocycles. The van der Waals surface area contributed by atoms with Crippen molar-refractivity contribution in [2.75, 3.05) is 46.3 Å². The van der Waals surface area contributed by atoms with E-state index in [0.717, 1.165) is 37.8 Å². The number of carbonyl (C=O) groups excluding carboxylic acids is 1. The van der Waals surface area contributed by atoms with E-state index in [0.29, 0.717) is 6.54 Å². The number of unbranched alkanes of at least 4 members (excludes halogenated alkanes) is 1. The fourth-order valence-corrected chi connectivity index (χ4v) is 2.97. The Morgan fingerprint density at radius 2 is 1.63 bits per heavy atom. The van der Waals surface area contributed by atoms with Crippen LogP contribution in [-0.4, -0.2) is 68.9 Å². The van der Waals surface area contributed by atoms with Crippen LogP contribution in [0, 0.1) is 5.92 Å². The number of aliphatic imine (C=N–C) groups is 1. The number of carbonyl (C=O) groups is 1. The van der Waals surface area contributed by atoms with Gasteiger partial charge >= 0.3 is 6.09 Å². The summed E-state index contributed by atoms with van der Waals surface area (Å²) in [4.78, 5) is 18.4. The molecule has 1 heterocycles. The highest BCUT2D eigenvalue weighted by Gasteiger charge is 2.15. The van der Waals surface area contributed by atoms with Crippen LogP contribution in [0.4, 0.5) is 4.79 Å². The third-order valence-electron chi connectivity index (χ3n) is 4.61. The molecular formula is C20H41N5O2. The number of likely N-dealkylation sites (tertiary alicyclic amines) is 1. The van der Waals surface area contributed by atoms with Crippen LogP contribution in [0.1, 0.15) is 59.8 Å². The first-order chi connectivity index (χ1) is 12.8. The Morgan fingerprint density at radius 1 is 1.04 bits per heavy atom. The van der Waals surface area contributed by atoms with E-state index >= 15 is 0 Å². The summed E-state index contributed by atoms with van der Waals surface area (Å²) >= 11 is 0. The smallest absolute Gasteiger partial charge is 0.407 e. The van der Waals surface area contributed by atoms with Gasteiger partial charge in [0, 0.05) is 26.7 Å². The Bertz CT molecular complexity index is 440. The maximum absolute atomic E-state index is 11.6. The number of nitrogens with one attached hydrogen (secondary N) is 3. The lowest BCUT2D eigenvalue weighted by molar-refractivity contribution is 0.0527. The lowest BCUT2D eigenvalue weighted by Crippen LogP contribution is -2.40. The maximum Gasteiger partial charge on any atom is 0.407 e. The van der Waals surface area contributed by atoms with Gasteiger partial charge in [0.25, 0.3) is 0 Å². The van der Waals surface area contributed by atoms with Crippen LogP contribution in [-0.2, 0) is 4.74 Å². The highest BCUT2D eigenvalue weighted by atomic mass is 16.6. The molecule has 0 aromatic carbocycles. The third kappa shape index (κ3) is 12.5. The third-order valence-corrected chi connectivity index (χ3v) is 4.61. The summed E-state index contributed by atoms with van der Waals surface area (Å²) in [6.45, 7) is 13.9. The highest BCUT2D eigenvalue weighted by Crippen LogP contribution is 2.16. The first kappa shape index (κ1) is 23.5. The summed E-state index contributed by atoms with van der Waals surface area (Å²) in [7, 11) is 1.78. The Kier molecular flexibility index (Phi) is 11.2. The van der Waals surface area contributed by atoms with Crippen LogP contribution < -0.4 is 16.0 Å². The van der Waals surface area contributed by atoms with Gasteiger partial charge in [-0.3, -0.25) is 4.99 Å². The van der Waals surface area contributed by atoms with Crippen LogP contribution in [0.25, 0.3) is 0 Å². The molecule has 158 valence electrons. The van der Waals surface area contributed by atoms with E-state index < -0.39 is 5.60 Å². The normalized spacial score (nSPS) is 16.9. The predicted octanol–water partition coefficient (Wildman–Crippen LogP) is 2.58. The van der Waals surface area contributed by atoms with Crippen LogP contribution in [0.15, 0.2) is 4.99 Å². The van der Waals surface area contributed by atoms with Crippen LogP contribution >= 0.6 is 0 Å². The molecule has 0 spiro atoms. The van der Waals surface area contributed by atoms with Gasteiger partial charge in [0.15, 0.2) is 5.96 Å². The molecule has 0 radical (unpaired) electrons. The minimum Gasteiger partial charge on any atom is -0.444 e. The number of hydrogen-bond acceptors (Lipinski definition) is 4. The molecule has 1 amide bonds. The van der Waals surface area contributed by atoms with Gasteiger partial charge in [0.05, 0.1) is 0 Å². The van der Waals surface area contributed by atoms with E-state index in [1.54, 1.807) is 7.05 Å². The number of piperidine rings is 1. The highest BCUT2D eigenvalue weighted by molar-refractivity contribution is 5.79. The average molecular weight is 384 g/mol. The van der Waals surface area contributed by atoms with Crippen molar-refractivity contribution < 1.29 is 9.53 Å². The van der Waals surface area contributed by atoms with E-state index in [-0.39, 0.29) is 6.09 Å². The summed E-state index contributed by atoms with van der Waals surface area (Å²) in [5.41, 5.74) is -0.458. The van der Waals surface area contributed by atoms with Crippen LogP contribution in [0.5, 0.6) is 0 Å². The summed E-state index contributed by atoms with van der Waals surface area (Å²) in [5.74, 6) is 1.72. The van der Waals surface area contributed by atoms with Gasteiger partial charge in [-0.25, -0.2) is 4.79 Å². The molecule has 27 heavy (non-hydrogen) atoms. The summed E-state index contributed by atoms with van der Waals surface area (Å²) in [6.07, 6.45) is 5.50. The molecular weight excluding hydrogens is 342 g/mol. The standard InChI is InChI=1S/C20H41N5O2/c1-17-9-15-25(16-10-17)14-7-6-11-22-18(21-5)23-12-8-13-24-19(26)27-20(2,3)4/h17H,6-16H2,1-5H3,(H,24,26)(H2,21,22,23). The van der Waals surface area contributed by atoms with E-state index in [1.165, 1.54) is 38.9 Å². The van der Waals surface area contributed by atoms with Gasteiger partial charge in [-0.05, 0) is 78.4 Å². The lowest BCUT2D eigenvalue weighted by atomic mass is 9.99. The molecule has 0 unspecified atom stereocenters. The number of rotatable bonds is 9. The average Bonchev–Trinajstić information content (AvgIpc) is 2.59. The fraction of sp³-hybridized carbons (Fsp3) is 0.900. The van der Waals surface area contributed by atoms with E-state index in [9.17, 15) is 4.79 Å². The second-order valence-electron chi connectivity index (χ2n) is 8.44. The molecule has 1 aliphatic rings. The minimum absolute atomic E-state index is 0.367. The molecule has 0 saturated carbocycles. The van der Waals surface area contributed by atoms with Crippen molar-refractivity contribution in [2.45, 2.75) is 65.4 Å². The zero-order chi connectivity index (χ0) is 20.1. The van der Waals surface area contributed by atoms with Crippen molar-refractivity contribution in [1.82, 2.24) is 20.9 Å². The van der Waals surface area contributed by atoms with Crippen molar-refractivity contribution >= 4 is 12.1 Å².